The molecule has 6 nitrogen and oxygen atoms in total. The summed E-state index contributed by atoms with van der Waals surface area (Å²) in [7, 11) is 0. The molecule has 0 saturated carbocycles. The lowest BCUT2D eigenvalue weighted by atomic mass is 10.2. The average molecular weight is 243 g/mol. The van der Waals surface area contributed by atoms with Gasteiger partial charge < -0.3 is 14.9 Å². The number of carbonyl (C=O) groups is 1. The minimum atomic E-state index is -1.16. The Balaban J connectivity index is 2.31. The van der Waals surface area contributed by atoms with E-state index >= 15 is 0 Å². The molecule has 0 bridgehead atoms. The van der Waals surface area contributed by atoms with Gasteiger partial charge in [-0.3, -0.25) is 0 Å². The smallest absolute Gasteiger partial charge is 0.360 e. The summed E-state index contributed by atoms with van der Waals surface area (Å²) < 4.78 is 4.83. The molecule has 0 aliphatic carbocycles. The molecule has 18 heavy (non-hydrogen) atoms. The molecule has 1 aromatic carbocycles. The molecular formula is C12H9N3O3. The molecule has 0 fully saturated rings. The van der Waals surface area contributed by atoms with E-state index in [-0.39, 0.29) is 5.69 Å². The number of benzene rings is 1. The van der Waals surface area contributed by atoms with Gasteiger partial charge in [-0.1, -0.05) is 5.16 Å². The fourth-order valence-electron chi connectivity index (χ4n) is 1.44. The summed E-state index contributed by atoms with van der Waals surface area (Å²) in [6.45, 7) is 1.62. The first kappa shape index (κ1) is 11.7. The third-order valence-electron chi connectivity index (χ3n) is 2.35. The second-order valence-corrected chi connectivity index (χ2v) is 3.58. The number of aromatic carboxylic acids is 1. The van der Waals surface area contributed by atoms with Crippen molar-refractivity contribution in [2.45, 2.75) is 6.92 Å². The number of hydrogen-bond acceptors (Lipinski definition) is 5. The normalized spacial score (nSPS) is 9.78. The Kier molecular flexibility index (Phi) is 2.98. The molecule has 0 unspecified atom stereocenters. The van der Waals surface area contributed by atoms with Gasteiger partial charge in [0.25, 0.3) is 0 Å². The highest BCUT2D eigenvalue weighted by Gasteiger charge is 2.18. The van der Waals surface area contributed by atoms with Crippen LogP contribution in [0.1, 0.15) is 21.8 Å². The van der Waals surface area contributed by atoms with Gasteiger partial charge in [-0.15, -0.1) is 0 Å². The number of carboxylic acids is 1. The van der Waals surface area contributed by atoms with Crippen LogP contribution in [0.2, 0.25) is 0 Å². The number of aromatic nitrogens is 1. The molecule has 6 heteroatoms. The molecule has 0 saturated heterocycles. The zero-order chi connectivity index (χ0) is 13.1. The minimum absolute atomic E-state index is 0.170. The largest absolute Gasteiger partial charge is 0.476 e. The van der Waals surface area contributed by atoms with Gasteiger partial charge in [0.15, 0.2) is 5.76 Å². The number of nitriles is 1. The van der Waals surface area contributed by atoms with Crippen LogP contribution in [0, 0.1) is 18.3 Å². The van der Waals surface area contributed by atoms with Crippen molar-refractivity contribution >= 4 is 17.3 Å². The fraction of sp³-hybridized carbons (Fsp3) is 0.0833. The summed E-state index contributed by atoms with van der Waals surface area (Å²) in [6, 6.07) is 8.62. The molecule has 2 N–H and O–H groups in total. The van der Waals surface area contributed by atoms with E-state index in [0.29, 0.717) is 22.7 Å². The summed E-state index contributed by atoms with van der Waals surface area (Å²) in [5, 5.41) is 24.0. The lowest BCUT2D eigenvalue weighted by Gasteiger charge is -2.04. The van der Waals surface area contributed by atoms with Crippen LogP contribution >= 0.6 is 0 Å². The third-order valence-corrected chi connectivity index (χ3v) is 2.35. The van der Waals surface area contributed by atoms with E-state index < -0.39 is 5.97 Å². The average Bonchev–Trinajstić information content (AvgIpc) is 2.72. The van der Waals surface area contributed by atoms with Crippen LogP contribution in [0.5, 0.6) is 0 Å². The zero-order valence-corrected chi connectivity index (χ0v) is 9.47. The van der Waals surface area contributed by atoms with Gasteiger partial charge in [-0.25, -0.2) is 4.79 Å². The topological polar surface area (TPSA) is 99.2 Å². The van der Waals surface area contributed by atoms with Crippen LogP contribution in [0.15, 0.2) is 28.8 Å². The number of nitrogens with zero attached hydrogens (tertiary/aromatic N) is 2. The Morgan fingerprint density at radius 2 is 2.11 bits per heavy atom. The van der Waals surface area contributed by atoms with Gasteiger partial charge in [-0.2, -0.15) is 5.26 Å². The SMILES string of the molecule is Cc1onc(C(=O)O)c1Nc1ccc(C#N)cc1. The van der Waals surface area contributed by atoms with E-state index in [1.54, 1.807) is 31.2 Å². The molecule has 0 atom stereocenters. The Morgan fingerprint density at radius 1 is 1.44 bits per heavy atom. The Hall–Kier alpha value is -2.81. The molecule has 1 aromatic heterocycles. The fourth-order valence-corrected chi connectivity index (χ4v) is 1.44. The van der Waals surface area contributed by atoms with Crippen LogP contribution < -0.4 is 5.32 Å². The van der Waals surface area contributed by atoms with E-state index in [2.05, 4.69) is 10.5 Å². The van der Waals surface area contributed by atoms with E-state index in [1.807, 2.05) is 6.07 Å². The predicted molar refractivity (Wildman–Crippen MR) is 62.6 cm³/mol. The van der Waals surface area contributed by atoms with Gasteiger partial charge in [-0.05, 0) is 31.2 Å². The zero-order valence-electron chi connectivity index (χ0n) is 9.47. The maximum absolute atomic E-state index is 10.9. The van der Waals surface area contributed by atoms with E-state index in [4.69, 9.17) is 14.9 Å². The third kappa shape index (κ3) is 2.15. The van der Waals surface area contributed by atoms with Crippen molar-refractivity contribution in [3.63, 3.8) is 0 Å². The molecule has 0 radical (unpaired) electrons. The lowest BCUT2D eigenvalue weighted by molar-refractivity contribution is 0.0686. The van der Waals surface area contributed by atoms with Gasteiger partial charge >= 0.3 is 5.97 Å². The quantitative estimate of drug-likeness (QED) is 0.857. The monoisotopic (exact) mass is 243 g/mol. The maximum atomic E-state index is 10.9. The summed E-state index contributed by atoms with van der Waals surface area (Å²) in [5.41, 5.74) is 1.33. The van der Waals surface area contributed by atoms with Gasteiger partial charge in [0.05, 0.1) is 11.6 Å². The molecule has 2 rings (SSSR count). The van der Waals surface area contributed by atoms with E-state index in [9.17, 15) is 4.79 Å². The predicted octanol–water partition coefficient (Wildman–Crippen LogP) is 2.30. The van der Waals surface area contributed by atoms with Gasteiger partial charge in [0, 0.05) is 5.69 Å². The van der Waals surface area contributed by atoms with Crippen molar-refractivity contribution in [2.24, 2.45) is 0 Å². The van der Waals surface area contributed by atoms with Gasteiger partial charge in [0.2, 0.25) is 5.69 Å². The number of nitrogens with one attached hydrogen (secondary N) is 1. The Bertz CT molecular complexity index is 623. The van der Waals surface area contributed by atoms with Crippen LogP contribution in [0.4, 0.5) is 11.4 Å². The molecule has 0 spiro atoms. The maximum Gasteiger partial charge on any atom is 0.360 e. The second-order valence-electron chi connectivity index (χ2n) is 3.58. The highest BCUT2D eigenvalue weighted by molar-refractivity contribution is 5.93. The van der Waals surface area contributed by atoms with Crippen LogP contribution in [-0.2, 0) is 0 Å². The summed E-state index contributed by atoms with van der Waals surface area (Å²) in [4.78, 5) is 10.9. The standard InChI is InChI=1S/C12H9N3O3/c1-7-10(11(12(16)17)15-18-7)14-9-4-2-8(6-13)3-5-9/h2-5,14H,1H3,(H,16,17). The molecule has 0 aliphatic heterocycles. The number of carboxylic acid groups (broad SMARTS) is 1. The molecule has 2 aromatic rings. The molecule has 1 heterocycles. The van der Waals surface area contributed by atoms with E-state index in [1.165, 1.54) is 0 Å². The lowest BCUT2D eigenvalue weighted by Crippen LogP contribution is -2.02. The first-order valence-electron chi connectivity index (χ1n) is 5.08. The Labute approximate surface area is 102 Å². The summed E-state index contributed by atoms with van der Waals surface area (Å²) >= 11 is 0. The number of anilines is 2. The molecular weight excluding hydrogens is 234 g/mol. The molecule has 90 valence electrons. The molecule has 0 amide bonds. The van der Waals surface area contributed by atoms with Gasteiger partial charge in [0.1, 0.15) is 5.69 Å². The number of aryl methyl sites for hydroxylation is 1. The highest BCUT2D eigenvalue weighted by atomic mass is 16.5. The van der Waals surface area contributed by atoms with Crippen molar-refractivity contribution in [3.8, 4) is 6.07 Å². The van der Waals surface area contributed by atoms with Crippen molar-refractivity contribution in [1.82, 2.24) is 5.16 Å². The second kappa shape index (κ2) is 4.59. The highest BCUT2D eigenvalue weighted by Crippen LogP contribution is 2.24. The van der Waals surface area contributed by atoms with Crippen molar-refractivity contribution in [3.05, 3.63) is 41.3 Å². The Morgan fingerprint density at radius 3 is 2.67 bits per heavy atom. The summed E-state index contributed by atoms with van der Waals surface area (Å²) in [6.07, 6.45) is 0. The van der Waals surface area contributed by atoms with Crippen molar-refractivity contribution in [1.29, 1.82) is 5.26 Å². The van der Waals surface area contributed by atoms with Crippen LogP contribution in [0.25, 0.3) is 0 Å². The van der Waals surface area contributed by atoms with Crippen LogP contribution in [0.3, 0.4) is 0 Å². The minimum Gasteiger partial charge on any atom is -0.476 e. The first-order valence-corrected chi connectivity index (χ1v) is 5.08. The van der Waals surface area contributed by atoms with Crippen molar-refractivity contribution in [2.75, 3.05) is 5.32 Å². The number of rotatable bonds is 3. The van der Waals surface area contributed by atoms with Crippen LogP contribution in [-0.4, -0.2) is 16.2 Å². The first-order chi connectivity index (χ1) is 8.61. The van der Waals surface area contributed by atoms with E-state index in [0.717, 1.165) is 0 Å². The number of hydrogen-bond donors (Lipinski definition) is 2. The molecule has 0 aliphatic rings. The van der Waals surface area contributed by atoms with Crippen molar-refractivity contribution < 1.29 is 14.4 Å². The summed E-state index contributed by atoms with van der Waals surface area (Å²) in [5.74, 6) is -0.778.